The van der Waals surface area contributed by atoms with Crippen LogP contribution in [0.4, 0.5) is 4.39 Å². The summed E-state index contributed by atoms with van der Waals surface area (Å²) in [5.41, 5.74) is 0.986. The first-order valence-corrected chi connectivity index (χ1v) is 7.08. The van der Waals surface area contributed by atoms with E-state index in [1.54, 1.807) is 12.1 Å². The first kappa shape index (κ1) is 12.6. The van der Waals surface area contributed by atoms with Crippen molar-refractivity contribution in [3.8, 4) is 0 Å². The van der Waals surface area contributed by atoms with Crippen LogP contribution in [-0.2, 0) is 4.79 Å². The molecule has 2 saturated carbocycles. The maximum Gasteiger partial charge on any atom is 0.225 e. The number of rotatable bonds is 3. The summed E-state index contributed by atoms with van der Waals surface area (Å²) in [5, 5.41) is 0. The van der Waals surface area contributed by atoms with Gasteiger partial charge in [-0.25, -0.2) is 4.39 Å². The normalized spacial score (nSPS) is 29.7. The maximum absolute atomic E-state index is 12.9. The molecule has 3 unspecified atom stereocenters. The van der Waals surface area contributed by atoms with E-state index in [-0.39, 0.29) is 23.7 Å². The molecule has 0 saturated heterocycles. The van der Waals surface area contributed by atoms with E-state index in [4.69, 9.17) is 0 Å². The van der Waals surface area contributed by atoms with E-state index in [1.165, 1.54) is 18.6 Å². The number of carbonyl (C=O) groups excluding carboxylic acids is 1. The minimum absolute atomic E-state index is 0.00465. The van der Waals surface area contributed by atoms with Crippen LogP contribution >= 0.6 is 0 Å². The van der Waals surface area contributed by atoms with Crippen LogP contribution in [-0.4, -0.2) is 17.9 Å². The Kier molecular flexibility index (Phi) is 3.08. The molecule has 1 amide bonds. The van der Waals surface area contributed by atoms with Gasteiger partial charge in [0.25, 0.3) is 0 Å². The lowest BCUT2D eigenvalue weighted by atomic mass is 10.00. The van der Waals surface area contributed by atoms with Gasteiger partial charge in [0.1, 0.15) is 5.82 Å². The summed E-state index contributed by atoms with van der Waals surface area (Å²) in [5.74, 6) is 1.88. The third kappa shape index (κ3) is 2.38. The highest BCUT2D eigenvalue weighted by atomic mass is 19.1. The minimum Gasteiger partial charge on any atom is -0.339 e. The summed E-state index contributed by atoms with van der Waals surface area (Å²) < 4.78 is 12.9. The highest BCUT2D eigenvalue weighted by Crippen LogP contribution is 2.54. The van der Waals surface area contributed by atoms with Gasteiger partial charge in [-0.2, -0.15) is 0 Å². The summed E-state index contributed by atoms with van der Waals surface area (Å²) in [6, 6.07) is 6.43. The molecule has 0 N–H and O–H groups in total. The number of hydrogen-bond acceptors (Lipinski definition) is 1. The maximum atomic E-state index is 12.9. The molecule has 3 rings (SSSR count). The molecular weight excluding hydrogens is 241 g/mol. The summed E-state index contributed by atoms with van der Waals surface area (Å²) in [4.78, 5) is 14.3. The number of halogens is 1. The molecule has 0 aliphatic heterocycles. The van der Waals surface area contributed by atoms with Gasteiger partial charge < -0.3 is 4.90 Å². The van der Waals surface area contributed by atoms with Crippen LogP contribution < -0.4 is 0 Å². The molecule has 1 aromatic rings. The van der Waals surface area contributed by atoms with E-state index in [2.05, 4.69) is 0 Å². The van der Waals surface area contributed by atoms with Gasteiger partial charge in [-0.15, -0.1) is 0 Å². The Labute approximate surface area is 113 Å². The van der Waals surface area contributed by atoms with Gasteiger partial charge in [0.15, 0.2) is 0 Å². The zero-order chi connectivity index (χ0) is 13.6. The van der Waals surface area contributed by atoms with Gasteiger partial charge in [-0.1, -0.05) is 12.1 Å². The molecule has 0 bridgehead atoms. The van der Waals surface area contributed by atoms with Gasteiger partial charge in [0, 0.05) is 13.0 Å². The fraction of sp³-hybridized carbons (Fsp3) is 0.562. The molecule has 0 heterocycles. The molecular formula is C16H20FNO. The van der Waals surface area contributed by atoms with Gasteiger partial charge in [0.2, 0.25) is 5.91 Å². The minimum atomic E-state index is -0.235. The number of amides is 1. The zero-order valence-electron chi connectivity index (χ0n) is 11.5. The van der Waals surface area contributed by atoms with Crippen molar-refractivity contribution < 1.29 is 9.18 Å². The summed E-state index contributed by atoms with van der Waals surface area (Å²) >= 11 is 0. The van der Waals surface area contributed by atoms with Crippen LogP contribution in [0.1, 0.15) is 37.8 Å². The summed E-state index contributed by atoms with van der Waals surface area (Å²) in [6.45, 7) is 2.00. The van der Waals surface area contributed by atoms with Crippen LogP contribution in [0, 0.1) is 23.6 Å². The highest BCUT2D eigenvalue weighted by molar-refractivity contribution is 5.79. The Hall–Kier alpha value is -1.38. The van der Waals surface area contributed by atoms with E-state index in [0.717, 1.165) is 30.2 Å². The van der Waals surface area contributed by atoms with E-state index < -0.39 is 0 Å². The molecule has 2 fully saturated rings. The van der Waals surface area contributed by atoms with Crippen LogP contribution in [0.15, 0.2) is 24.3 Å². The van der Waals surface area contributed by atoms with Crippen LogP contribution in [0.2, 0.25) is 0 Å². The second kappa shape index (κ2) is 4.62. The fourth-order valence-electron chi connectivity index (χ4n) is 3.36. The quantitative estimate of drug-likeness (QED) is 0.816. The summed E-state index contributed by atoms with van der Waals surface area (Å²) in [6.07, 6.45) is 3.48. The average Bonchev–Trinajstić information content (AvgIpc) is 3.03. The fourth-order valence-corrected chi connectivity index (χ4v) is 3.36. The second-order valence-electron chi connectivity index (χ2n) is 6.10. The van der Waals surface area contributed by atoms with E-state index >= 15 is 0 Å². The number of hydrogen-bond donors (Lipinski definition) is 0. The van der Waals surface area contributed by atoms with Crippen molar-refractivity contribution in [3.63, 3.8) is 0 Å². The lowest BCUT2D eigenvalue weighted by Gasteiger charge is -2.28. The van der Waals surface area contributed by atoms with Crippen molar-refractivity contribution in [2.75, 3.05) is 7.05 Å². The largest absolute Gasteiger partial charge is 0.339 e. The first-order valence-electron chi connectivity index (χ1n) is 7.08. The Morgan fingerprint density at radius 2 is 1.79 bits per heavy atom. The molecule has 0 spiro atoms. The molecule has 2 nitrogen and oxygen atoms in total. The topological polar surface area (TPSA) is 20.3 Å². The lowest BCUT2D eigenvalue weighted by molar-refractivity contribution is -0.136. The molecule has 3 heteroatoms. The van der Waals surface area contributed by atoms with Gasteiger partial charge in [-0.3, -0.25) is 4.79 Å². The molecule has 2 aliphatic carbocycles. The van der Waals surface area contributed by atoms with E-state index in [0.29, 0.717) is 0 Å². The van der Waals surface area contributed by atoms with Crippen molar-refractivity contribution in [1.82, 2.24) is 4.90 Å². The highest BCUT2D eigenvalue weighted by Gasteiger charge is 2.48. The molecule has 1 aromatic carbocycles. The SMILES string of the molecule is CC(c1ccc(F)cc1)N(C)C(=O)C1CC2CC2C1. The molecule has 19 heavy (non-hydrogen) atoms. The lowest BCUT2D eigenvalue weighted by Crippen LogP contribution is -2.34. The van der Waals surface area contributed by atoms with Crippen molar-refractivity contribution >= 4 is 5.91 Å². The number of fused-ring (bicyclic) bond motifs is 1. The van der Waals surface area contributed by atoms with Crippen molar-refractivity contribution in [3.05, 3.63) is 35.6 Å². The van der Waals surface area contributed by atoms with Crippen molar-refractivity contribution in [1.29, 1.82) is 0 Å². The van der Waals surface area contributed by atoms with Crippen molar-refractivity contribution in [2.24, 2.45) is 17.8 Å². The molecule has 2 aliphatic rings. The van der Waals surface area contributed by atoms with E-state index in [9.17, 15) is 9.18 Å². The van der Waals surface area contributed by atoms with Crippen LogP contribution in [0.3, 0.4) is 0 Å². The van der Waals surface area contributed by atoms with Gasteiger partial charge >= 0.3 is 0 Å². The molecule has 0 aromatic heterocycles. The Balaban J connectivity index is 1.66. The number of carbonyl (C=O) groups is 1. The molecule has 3 atom stereocenters. The molecule has 102 valence electrons. The van der Waals surface area contributed by atoms with Crippen LogP contribution in [0.5, 0.6) is 0 Å². The number of benzene rings is 1. The first-order chi connectivity index (χ1) is 9.06. The Morgan fingerprint density at radius 1 is 1.21 bits per heavy atom. The second-order valence-corrected chi connectivity index (χ2v) is 6.10. The van der Waals surface area contributed by atoms with Crippen molar-refractivity contribution in [2.45, 2.75) is 32.2 Å². The van der Waals surface area contributed by atoms with Gasteiger partial charge in [-0.05, 0) is 55.7 Å². The Bertz CT molecular complexity index is 474. The third-order valence-electron chi connectivity index (χ3n) is 4.87. The average molecular weight is 261 g/mol. The standard InChI is InChI=1S/C16H20FNO/c1-10(11-3-5-15(17)6-4-11)18(2)16(19)14-8-12-7-13(12)9-14/h3-6,10,12-14H,7-9H2,1-2H3. The monoisotopic (exact) mass is 261 g/mol. The molecule has 0 radical (unpaired) electrons. The number of nitrogens with zero attached hydrogens (tertiary/aromatic N) is 1. The Morgan fingerprint density at radius 3 is 2.37 bits per heavy atom. The zero-order valence-corrected chi connectivity index (χ0v) is 11.5. The third-order valence-corrected chi connectivity index (χ3v) is 4.87. The smallest absolute Gasteiger partial charge is 0.225 e. The summed E-state index contributed by atoms with van der Waals surface area (Å²) in [7, 11) is 1.86. The predicted molar refractivity (Wildman–Crippen MR) is 71.9 cm³/mol. The van der Waals surface area contributed by atoms with E-state index in [1.807, 2.05) is 18.9 Å². The van der Waals surface area contributed by atoms with Gasteiger partial charge in [0.05, 0.1) is 6.04 Å². The van der Waals surface area contributed by atoms with Crippen LogP contribution in [0.25, 0.3) is 0 Å². The predicted octanol–water partition coefficient (Wildman–Crippen LogP) is 3.39.